The van der Waals surface area contributed by atoms with Crippen LogP contribution in [0.1, 0.15) is 10.4 Å². The Morgan fingerprint density at radius 1 is 1.29 bits per heavy atom. The fourth-order valence-corrected chi connectivity index (χ4v) is 1.24. The molecule has 2 aromatic rings. The van der Waals surface area contributed by atoms with Gasteiger partial charge in [0.1, 0.15) is 5.65 Å². The van der Waals surface area contributed by atoms with Crippen molar-refractivity contribution in [3.63, 3.8) is 0 Å². The van der Waals surface area contributed by atoms with Gasteiger partial charge >= 0.3 is 11.7 Å². The van der Waals surface area contributed by atoms with Crippen LogP contribution in [-0.2, 0) is 0 Å². The molecule has 0 aromatic carbocycles. The first-order valence-electron chi connectivity index (χ1n) is 3.66. The van der Waals surface area contributed by atoms with Crippen LogP contribution in [0, 0.1) is 0 Å². The highest BCUT2D eigenvalue weighted by molar-refractivity contribution is 6.01. The Bertz CT molecular complexity index is 618. The van der Waals surface area contributed by atoms with Gasteiger partial charge in [0.25, 0.3) is 5.56 Å². The molecule has 0 aliphatic rings. The van der Waals surface area contributed by atoms with E-state index in [0.717, 1.165) is 6.20 Å². The molecule has 4 N–H and O–H groups in total. The first kappa shape index (κ1) is 8.30. The van der Waals surface area contributed by atoms with E-state index in [-0.39, 0.29) is 16.6 Å². The van der Waals surface area contributed by atoms with Crippen molar-refractivity contribution in [1.29, 1.82) is 0 Å². The first-order valence-corrected chi connectivity index (χ1v) is 3.66. The number of rotatable bonds is 1. The summed E-state index contributed by atoms with van der Waals surface area (Å²) in [5, 5.41) is 8.64. The van der Waals surface area contributed by atoms with Gasteiger partial charge in [-0.15, -0.1) is 0 Å². The number of carboxylic acid groups (broad SMARTS) is 1. The van der Waals surface area contributed by atoms with E-state index in [1.54, 1.807) is 0 Å². The molecule has 2 heterocycles. The van der Waals surface area contributed by atoms with Gasteiger partial charge in [0.15, 0.2) is 0 Å². The Morgan fingerprint density at radius 3 is 2.64 bits per heavy atom. The van der Waals surface area contributed by atoms with Gasteiger partial charge in [-0.05, 0) is 0 Å². The second-order valence-corrected chi connectivity index (χ2v) is 2.67. The molecule has 14 heavy (non-hydrogen) atoms. The number of hydrogen-bond acceptors (Lipinski definition) is 3. The van der Waals surface area contributed by atoms with Crippen LogP contribution < -0.4 is 11.2 Å². The van der Waals surface area contributed by atoms with Gasteiger partial charge < -0.3 is 10.1 Å². The number of H-pyrrole nitrogens is 3. The molecule has 0 aliphatic carbocycles. The molecule has 72 valence electrons. The molecule has 0 saturated carbocycles. The monoisotopic (exact) mass is 195 g/mol. The van der Waals surface area contributed by atoms with E-state index in [1.807, 2.05) is 4.98 Å². The van der Waals surface area contributed by atoms with Crippen LogP contribution in [0.15, 0.2) is 15.8 Å². The highest BCUT2D eigenvalue weighted by atomic mass is 16.4. The minimum atomic E-state index is -1.23. The zero-order valence-corrected chi connectivity index (χ0v) is 6.75. The minimum Gasteiger partial charge on any atom is -0.478 e. The van der Waals surface area contributed by atoms with Gasteiger partial charge in [-0.1, -0.05) is 0 Å². The number of hydrogen-bond donors (Lipinski definition) is 4. The quantitative estimate of drug-likeness (QED) is 0.478. The largest absolute Gasteiger partial charge is 0.478 e. The third-order valence-electron chi connectivity index (χ3n) is 1.80. The van der Waals surface area contributed by atoms with E-state index >= 15 is 0 Å². The van der Waals surface area contributed by atoms with Crippen molar-refractivity contribution in [3.05, 3.63) is 32.6 Å². The summed E-state index contributed by atoms with van der Waals surface area (Å²) in [6, 6.07) is 0. The lowest BCUT2D eigenvalue weighted by atomic mass is 10.2. The van der Waals surface area contributed by atoms with Crippen LogP contribution in [0.2, 0.25) is 0 Å². The molecule has 0 fully saturated rings. The van der Waals surface area contributed by atoms with E-state index in [9.17, 15) is 14.4 Å². The van der Waals surface area contributed by atoms with Crippen LogP contribution in [0.5, 0.6) is 0 Å². The van der Waals surface area contributed by atoms with Gasteiger partial charge in [0.05, 0.1) is 10.9 Å². The van der Waals surface area contributed by atoms with Crippen LogP contribution in [0.25, 0.3) is 11.0 Å². The molecule has 2 rings (SSSR count). The van der Waals surface area contributed by atoms with Crippen LogP contribution in [0.4, 0.5) is 0 Å². The van der Waals surface area contributed by atoms with Gasteiger partial charge in [0.2, 0.25) is 0 Å². The number of carboxylic acids is 1. The van der Waals surface area contributed by atoms with Crippen molar-refractivity contribution < 1.29 is 9.90 Å². The maximum absolute atomic E-state index is 11.2. The summed E-state index contributed by atoms with van der Waals surface area (Å²) in [6.07, 6.45) is 1.15. The number of carbonyl (C=O) groups is 1. The fourth-order valence-electron chi connectivity index (χ4n) is 1.24. The average Bonchev–Trinajstić information content (AvgIpc) is 2.47. The van der Waals surface area contributed by atoms with Crippen LogP contribution >= 0.6 is 0 Å². The smallest absolute Gasteiger partial charge is 0.338 e. The first-order chi connectivity index (χ1) is 6.59. The maximum Gasteiger partial charge on any atom is 0.338 e. The molecule has 2 aromatic heterocycles. The Hall–Kier alpha value is -2.31. The van der Waals surface area contributed by atoms with E-state index in [2.05, 4.69) is 9.97 Å². The molecule has 0 radical (unpaired) electrons. The van der Waals surface area contributed by atoms with Gasteiger partial charge in [-0.25, -0.2) is 9.59 Å². The molecule has 0 atom stereocenters. The zero-order valence-electron chi connectivity index (χ0n) is 6.75. The second-order valence-electron chi connectivity index (χ2n) is 2.67. The lowest BCUT2D eigenvalue weighted by molar-refractivity contribution is 0.0699. The molecule has 0 saturated heterocycles. The summed E-state index contributed by atoms with van der Waals surface area (Å²) in [6.45, 7) is 0. The maximum atomic E-state index is 11.2. The number of aromatic amines is 3. The van der Waals surface area contributed by atoms with E-state index in [4.69, 9.17) is 5.11 Å². The van der Waals surface area contributed by atoms with Gasteiger partial charge in [-0.2, -0.15) is 0 Å². The van der Waals surface area contributed by atoms with Crippen molar-refractivity contribution in [2.24, 2.45) is 0 Å². The highest BCUT2D eigenvalue weighted by Gasteiger charge is 2.14. The van der Waals surface area contributed by atoms with E-state index < -0.39 is 17.2 Å². The van der Waals surface area contributed by atoms with Crippen molar-refractivity contribution >= 4 is 17.0 Å². The molecular weight excluding hydrogens is 190 g/mol. The number of aromatic carboxylic acids is 1. The Labute approximate surface area is 75.4 Å². The number of aromatic nitrogens is 3. The molecule has 7 heteroatoms. The minimum absolute atomic E-state index is 0.0582. The van der Waals surface area contributed by atoms with E-state index in [1.165, 1.54) is 0 Å². The second kappa shape index (κ2) is 2.59. The van der Waals surface area contributed by atoms with Crippen LogP contribution in [-0.4, -0.2) is 26.0 Å². The standard InChI is InChI=1S/C7H5N3O4/c11-5-3-2(6(12)13)1-8-4(3)9-7(14)10-5/h1H,(H,12,13)(H3,8,9,10,11,14). The van der Waals surface area contributed by atoms with Crippen molar-refractivity contribution in [2.75, 3.05) is 0 Å². The Morgan fingerprint density at radius 2 is 2.00 bits per heavy atom. The molecule has 0 unspecified atom stereocenters. The summed E-state index contributed by atoms with van der Waals surface area (Å²) >= 11 is 0. The Kier molecular flexibility index (Phi) is 1.53. The molecule has 0 amide bonds. The average molecular weight is 195 g/mol. The predicted molar refractivity (Wildman–Crippen MR) is 46.5 cm³/mol. The normalized spacial score (nSPS) is 10.6. The summed E-state index contributed by atoms with van der Waals surface area (Å²) in [5.41, 5.74) is -1.46. The third kappa shape index (κ3) is 1.03. The number of fused-ring (bicyclic) bond motifs is 1. The zero-order chi connectivity index (χ0) is 10.3. The van der Waals surface area contributed by atoms with Crippen molar-refractivity contribution in [2.45, 2.75) is 0 Å². The van der Waals surface area contributed by atoms with Crippen molar-refractivity contribution in [3.8, 4) is 0 Å². The van der Waals surface area contributed by atoms with E-state index in [0.29, 0.717) is 0 Å². The van der Waals surface area contributed by atoms with Crippen LogP contribution in [0.3, 0.4) is 0 Å². The summed E-state index contributed by atoms with van der Waals surface area (Å²) in [5.74, 6) is -1.23. The molecular formula is C7H5N3O4. The summed E-state index contributed by atoms with van der Waals surface area (Å²) in [4.78, 5) is 39.4. The molecule has 7 nitrogen and oxygen atoms in total. The topological polar surface area (TPSA) is 119 Å². The number of nitrogens with one attached hydrogen (secondary N) is 3. The Balaban J connectivity index is 3.00. The predicted octanol–water partition coefficient (Wildman–Crippen LogP) is -0.757. The molecule has 0 spiro atoms. The summed E-state index contributed by atoms with van der Waals surface area (Å²) < 4.78 is 0. The van der Waals surface area contributed by atoms with Crippen molar-refractivity contribution in [1.82, 2.24) is 15.0 Å². The summed E-state index contributed by atoms with van der Waals surface area (Å²) in [7, 11) is 0. The highest BCUT2D eigenvalue weighted by Crippen LogP contribution is 2.09. The van der Waals surface area contributed by atoms with Gasteiger partial charge in [-0.3, -0.25) is 14.8 Å². The molecule has 0 bridgehead atoms. The lowest BCUT2D eigenvalue weighted by Crippen LogP contribution is -2.22. The fraction of sp³-hybridized carbons (Fsp3) is 0. The SMILES string of the molecule is O=C(O)c1c[nH]c2[nH]c(=O)[nH]c(=O)c12. The lowest BCUT2D eigenvalue weighted by Gasteiger charge is -1.89. The third-order valence-corrected chi connectivity index (χ3v) is 1.80. The molecule has 0 aliphatic heterocycles. The van der Waals surface area contributed by atoms with Gasteiger partial charge in [0, 0.05) is 6.20 Å².